The van der Waals surface area contributed by atoms with Crippen LogP contribution in [0.15, 0.2) is 36.4 Å². The molecule has 2 aromatic carbocycles. The zero-order valence-electron chi connectivity index (χ0n) is 10.7. The minimum absolute atomic E-state index is 0.0525. The maximum atomic E-state index is 11.4. The lowest BCUT2D eigenvalue weighted by molar-refractivity contribution is -0.118. The molecule has 21 heavy (non-hydrogen) atoms. The molecule has 0 spiro atoms. The highest BCUT2D eigenvalue weighted by Gasteiger charge is 2.19. The Morgan fingerprint density at radius 3 is 2.57 bits per heavy atom. The van der Waals surface area contributed by atoms with E-state index in [1.54, 1.807) is 6.07 Å². The van der Waals surface area contributed by atoms with Gasteiger partial charge >= 0.3 is 0 Å². The Labute approximate surface area is 140 Å². The van der Waals surface area contributed by atoms with Crippen molar-refractivity contribution in [3.8, 4) is 5.75 Å². The number of carbonyl (C=O) groups is 1. The van der Waals surface area contributed by atoms with Crippen molar-refractivity contribution in [3.05, 3.63) is 57.6 Å². The SMILES string of the molecule is O=C1COc2ccc(C(Br)c3ccc(Cl)c(Cl)c3)cc2N1. The normalized spacial score (nSPS) is 14.9. The highest BCUT2D eigenvalue weighted by Crippen LogP contribution is 2.38. The van der Waals surface area contributed by atoms with Gasteiger partial charge in [-0.3, -0.25) is 4.79 Å². The predicted octanol–water partition coefficient (Wildman–Crippen LogP) is 4.81. The molecule has 1 unspecified atom stereocenters. The molecule has 0 bridgehead atoms. The van der Waals surface area contributed by atoms with Crippen molar-refractivity contribution in [2.24, 2.45) is 0 Å². The van der Waals surface area contributed by atoms with Gasteiger partial charge in [-0.25, -0.2) is 0 Å². The minimum atomic E-state index is -0.152. The summed E-state index contributed by atoms with van der Waals surface area (Å²) in [6.45, 7) is 0.0525. The van der Waals surface area contributed by atoms with Crippen LogP contribution in [-0.4, -0.2) is 12.5 Å². The van der Waals surface area contributed by atoms with Crippen LogP contribution in [0.2, 0.25) is 10.0 Å². The lowest BCUT2D eigenvalue weighted by Crippen LogP contribution is -2.25. The zero-order valence-corrected chi connectivity index (χ0v) is 13.8. The van der Waals surface area contributed by atoms with Gasteiger partial charge in [0.2, 0.25) is 0 Å². The van der Waals surface area contributed by atoms with Crippen LogP contribution in [0.4, 0.5) is 5.69 Å². The number of rotatable bonds is 2. The van der Waals surface area contributed by atoms with Crippen molar-refractivity contribution in [1.82, 2.24) is 0 Å². The number of hydrogen-bond donors (Lipinski definition) is 1. The number of anilines is 1. The van der Waals surface area contributed by atoms with Gasteiger partial charge in [-0.05, 0) is 35.4 Å². The first-order valence-electron chi connectivity index (χ1n) is 6.20. The predicted molar refractivity (Wildman–Crippen MR) is 87.8 cm³/mol. The molecule has 0 saturated carbocycles. The van der Waals surface area contributed by atoms with Crippen molar-refractivity contribution < 1.29 is 9.53 Å². The van der Waals surface area contributed by atoms with Crippen LogP contribution in [0.1, 0.15) is 16.0 Å². The van der Waals surface area contributed by atoms with E-state index in [9.17, 15) is 4.79 Å². The number of benzene rings is 2. The van der Waals surface area contributed by atoms with Gasteiger partial charge in [0.05, 0.1) is 20.6 Å². The first-order valence-corrected chi connectivity index (χ1v) is 7.87. The third kappa shape index (κ3) is 3.03. The van der Waals surface area contributed by atoms with Crippen molar-refractivity contribution in [2.45, 2.75) is 4.83 Å². The van der Waals surface area contributed by atoms with Crippen molar-refractivity contribution in [1.29, 1.82) is 0 Å². The summed E-state index contributed by atoms with van der Waals surface area (Å²) in [6, 6.07) is 11.2. The summed E-state index contributed by atoms with van der Waals surface area (Å²) in [5.41, 5.74) is 2.64. The molecular formula is C15H10BrCl2NO2. The van der Waals surface area contributed by atoms with E-state index in [4.69, 9.17) is 27.9 Å². The van der Waals surface area contributed by atoms with Crippen LogP contribution in [-0.2, 0) is 4.79 Å². The second-order valence-electron chi connectivity index (χ2n) is 4.63. The first kappa shape index (κ1) is 14.7. The second kappa shape index (κ2) is 5.87. The fraction of sp³-hybridized carbons (Fsp3) is 0.133. The molecule has 3 rings (SSSR count). The fourth-order valence-electron chi connectivity index (χ4n) is 2.12. The molecule has 108 valence electrons. The van der Waals surface area contributed by atoms with E-state index in [2.05, 4.69) is 21.2 Å². The summed E-state index contributed by atoms with van der Waals surface area (Å²) in [5.74, 6) is 0.521. The molecule has 0 saturated heterocycles. The van der Waals surface area contributed by atoms with Crippen LogP contribution >= 0.6 is 39.1 Å². The number of amides is 1. The molecule has 0 aliphatic carbocycles. The standard InChI is InChI=1S/C15H10BrCl2NO2/c16-15(8-1-3-10(17)11(18)5-8)9-2-4-13-12(6-9)19-14(20)7-21-13/h1-6,15H,7H2,(H,19,20). The van der Waals surface area contributed by atoms with Gasteiger partial charge in [0.25, 0.3) is 5.91 Å². The lowest BCUT2D eigenvalue weighted by atomic mass is 10.0. The Balaban J connectivity index is 1.94. The van der Waals surface area contributed by atoms with Gasteiger partial charge in [0.1, 0.15) is 5.75 Å². The van der Waals surface area contributed by atoms with Gasteiger partial charge in [-0.15, -0.1) is 0 Å². The first-order chi connectivity index (χ1) is 10.0. The summed E-state index contributed by atoms with van der Waals surface area (Å²) >= 11 is 15.6. The van der Waals surface area contributed by atoms with E-state index in [1.807, 2.05) is 30.3 Å². The van der Waals surface area contributed by atoms with Crippen LogP contribution in [0.5, 0.6) is 5.75 Å². The van der Waals surface area contributed by atoms with Crippen molar-refractivity contribution in [2.75, 3.05) is 11.9 Å². The molecule has 1 heterocycles. The number of fused-ring (bicyclic) bond motifs is 1. The van der Waals surface area contributed by atoms with Crippen LogP contribution in [0, 0.1) is 0 Å². The average molecular weight is 387 g/mol. The average Bonchev–Trinajstić information content (AvgIpc) is 2.48. The van der Waals surface area contributed by atoms with Gasteiger partial charge in [-0.2, -0.15) is 0 Å². The lowest BCUT2D eigenvalue weighted by Gasteiger charge is -2.20. The third-order valence-corrected chi connectivity index (χ3v) is 4.96. The molecule has 1 amide bonds. The number of hydrogen-bond acceptors (Lipinski definition) is 2. The molecule has 0 aromatic heterocycles. The van der Waals surface area contributed by atoms with Gasteiger partial charge in [0.15, 0.2) is 6.61 Å². The second-order valence-corrected chi connectivity index (χ2v) is 6.36. The smallest absolute Gasteiger partial charge is 0.262 e. The van der Waals surface area contributed by atoms with Crippen LogP contribution in [0.3, 0.4) is 0 Å². The van der Waals surface area contributed by atoms with E-state index >= 15 is 0 Å². The van der Waals surface area contributed by atoms with Gasteiger partial charge in [-0.1, -0.05) is 51.3 Å². The summed E-state index contributed by atoms with van der Waals surface area (Å²) in [6.07, 6.45) is 0. The van der Waals surface area contributed by atoms with Crippen LogP contribution < -0.4 is 10.1 Å². The largest absolute Gasteiger partial charge is 0.482 e. The Bertz CT molecular complexity index is 721. The van der Waals surface area contributed by atoms with Gasteiger partial charge in [0, 0.05) is 0 Å². The summed E-state index contributed by atoms with van der Waals surface area (Å²) in [4.78, 5) is 11.3. The number of halogens is 3. The van der Waals surface area contributed by atoms with E-state index in [-0.39, 0.29) is 17.3 Å². The maximum absolute atomic E-state index is 11.4. The molecule has 2 aromatic rings. The maximum Gasteiger partial charge on any atom is 0.262 e. The van der Waals surface area contributed by atoms with E-state index < -0.39 is 0 Å². The number of nitrogens with one attached hydrogen (secondary N) is 1. The highest BCUT2D eigenvalue weighted by atomic mass is 79.9. The Morgan fingerprint density at radius 2 is 1.81 bits per heavy atom. The fourth-order valence-corrected chi connectivity index (χ4v) is 3.00. The molecule has 1 N–H and O–H groups in total. The number of carbonyl (C=O) groups excluding carboxylic acids is 1. The number of alkyl halides is 1. The molecule has 0 fully saturated rings. The summed E-state index contributed by atoms with van der Waals surface area (Å²) in [5, 5.41) is 3.82. The summed E-state index contributed by atoms with van der Waals surface area (Å²) < 4.78 is 5.35. The molecule has 1 atom stereocenters. The van der Waals surface area contributed by atoms with Crippen LogP contribution in [0.25, 0.3) is 0 Å². The Morgan fingerprint density at radius 1 is 1.10 bits per heavy atom. The highest BCUT2D eigenvalue weighted by molar-refractivity contribution is 9.09. The van der Waals surface area contributed by atoms with Gasteiger partial charge < -0.3 is 10.1 Å². The van der Waals surface area contributed by atoms with Crippen molar-refractivity contribution >= 4 is 50.7 Å². The third-order valence-electron chi connectivity index (χ3n) is 3.17. The molecule has 3 nitrogen and oxygen atoms in total. The molecule has 1 aliphatic rings. The summed E-state index contributed by atoms with van der Waals surface area (Å²) in [7, 11) is 0. The zero-order chi connectivity index (χ0) is 15.0. The topological polar surface area (TPSA) is 38.3 Å². The molecule has 0 radical (unpaired) electrons. The number of ether oxygens (including phenoxy) is 1. The van der Waals surface area contributed by atoms with Crippen molar-refractivity contribution in [3.63, 3.8) is 0 Å². The molecule has 6 heteroatoms. The van der Waals surface area contributed by atoms with E-state index in [0.29, 0.717) is 21.5 Å². The molecular weight excluding hydrogens is 377 g/mol. The molecule has 1 aliphatic heterocycles. The quantitative estimate of drug-likeness (QED) is 0.752. The van der Waals surface area contributed by atoms with E-state index in [1.165, 1.54) is 0 Å². The Kier molecular flexibility index (Phi) is 4.11. The minimum Gasteiger partial charge on any atom is -0.482 e. The Hall–Kier alpha value is -1.23. The monoisotopic (exact) mass is 385 g/mol. The van der Waals surface area contributed by atoms with E-state index in [0.717, 1.165) is 11.1 Å².